The van der Waals surface area contributed by atoms with E-state index in [-0.39, 0.29) is 19.3 Å². The highest BCUT2D eigenvalue weighted by molar-refractivity contribution is 7.47. The minimum atomic E-state index is -4.95. The second-order valence-corrected chi connectivity index (χ2v) is 32.2. The molecule has 654 valence electrons. The Hall–Kier alpha value is -5.61. The number of carbonyl (C=O) groups is 3. The molecule has 0 aromatic carbocycles. The highest BCUT2D eigenvalue weighted by atomic mass is 31.2. The molecule has 0 saturated carbocycles. The molecule has 4 N–H and O–H groups in total. The first-order chi connectivity index (χ1) is 56.2. The monoisotopic (exact) mass is 1640 g/mol. The van der Waals surface area contributed by atoms with Crippen molar-refractivity contribution < 1.29 is 75.8 Å². The maximum Gasteiger partial charge on any atom is 0.472 e. The van der Waals surface area contributed by atoms with Crippen LogP contribution in [0.25, 0.3) is 0 Å². The van der Waals surface area contributed by atoms with Crippen LogP contribution in [0, 0.1) is 0 Å². The van der Waals surface area contributed by atoms with E-state index in [0.717, 1.165) is 205 Å². The molecule has 18 heteroatoms. The number of aliphatic hydroxyl groups is 2. The van der Waals surface area contributed by atoms with E-state index in [1.807, 2.05) is 0 Å². The van der Waals surface area contributed by atoms with Gasteiger partial charge in [0.2, 0.25) is 0 Å². The van der Waals surface area contributed by atoms with Crippen LogP contribution in [0.5, 0.6) is 0 Å². The van der Waals surface area contributed by atoms with E-state index >= 15 is 0 Å². The zero-order valence-corrected chi connectivity index (χ0v) is 73.7. The third kappa shape index (κ3) is 89.0. The lowest BCUT2D eigenvalue weighted by molar-refractivity contribution is -0.161. The predicted molar refractivity (Wildman–Crippen MR) is 481 cm³/mol. The minimum Gasteiger partial charge on any atom is -0.463 e. The van der Waals surface area contributed by atoms with E-state index in [2.05, 4.69) is 215 Å². The fourth-order valence-corrected chi connectivity index (χ4v) is 13.1. The number of phosphoric ester groups is 2. The lowest BCUT2D eigenvalue weighted by atomic mass is 10.0. The molecule has 0 aliphatic heterocycles. The first-order valence-corrected chi connectivity index (χ1v) is 47.7. The molecular weight excluding hydrogens is 1480 g/mol. The van der Waals surface area contributed by atoms with Crippen LogP contribution in [-0.4, -0.2) is 95.9 Å². The summed E-state index contributed by atoms with van der Waals surface area (Å²) < 4.78 is 61.4. The number of aliphatic hydroxyl groups excluding tert-OH is 2. The molecule has 0 heterocycles. The molecule has 0 radical (unpaired) electrons. The summed E-state index contributed by atoms with van der Waals surface area (Å²) in [6, 6.07) is 0. The summed E-state index contributed by atoms with van der Waals surface area (Å²) in [6.45, 7) is 2.41. The van der Waals surface area contributed by atoms with E-state index in [9.17, 15) is 43.5 Å². The van der Waals surface area contributed by atoms with Crippen LogP contribution in [0.3, 0.4) is 0 Å². The topological polar surface area (TPSA) is 231 Å². The molecule has 115 heavy (non-hydrogen) atoms. The van der Waals surface area contributed by atoms with E-state index < -0.39 is 91.5 Å². The molecule has 16 nitrogen and oxygen atoms in total. The summed E-state index contributed by atoms with van der Waals surface area (Å²) in [5, 5.41) is 20.7. The summed E-state index contributed by atoms with van der Waals surface area (Å²) in [5.41, 5.74) is 0. The maximum absolute atomic E-state index is 13.1. The Bertz CT molecular complexity index is 2870. The van der Waals surface area contributed by atoms with E-state index in [1.54, 1.807) is 0 Å². The highest BCUT2D eigenvalue weighted by Gasteiger charge is 2.29. The van der Waals surface area contributed by atoms with Gasteiger partial charge in [0.15, 0.2) is 6.10 Å². The maximum atomic E-state index is 13.1. The van der Waals surface area contributed by atoms with Gasteiger partial charge in [-0.1, -0.05) is 350 Å². The first-order valence-electron chi connectivity index (χ1n) is 44.7. The molecule has 0 amide bonds. The van der Waals surface area contributed by atoms with E-state index in [1.165, 1.54) is 77.0 Å². The average Bonchev–Trinajstić information content (AvgIpc) is 0.903. The van der Waals surface area contributed by atoms with Crippen molar-refractivity contribution in [1.82, 2.24) is 0 Å². The van der Waals surface area contributed by atoms with Gasteiger partial charge in [-0.2, -0.15) is 0 Å². The largest absolute Gasteiger partial charge is 0.472 e. The highest BCUT2D eigenvalue weighted by Crippen LogP contribution is 2.45. The smallest absolute Gasteiger partial charge is 0.463 e. The SMILES string of the molecule is CC/C=C\C/C=C\C/C=C\C/C=C\C/C=C\C/C=C\CCCCCCCCCCCCCCC(=O)OCC(O)COP(=O)(O)OCC(O)COP(=O)(O)OCC(COC(=O)CCCCCCCC/C=C\C/C=C\C/C=C\C/C=C\C/C=C\C/C=C\CC)OC(=O)CCCCCCCCC/C=C\C/C=C\C/C=C\C/C=C\CCCCC. The quantitative estimate of drug-likeness (QED) is 0.0146. The number of carbonyl (C=O) groups excluding carboxylic acids is 3. The lowest BCUT2D eigenvalue weighted by Crippen LogP contribution is -2.30. The molecule has 0 spiro atoms. The van der Waals surface area contributed by atoms with Gasteiger partial charge in [0.25, 0.3) is 0 Å². The Labute approximate surface area is 699 Å². The van der Waals surface area contributed by atoms with Crippen molar-refractivity contribution in [1.29, 1.82) is 0 Å². The molecule has 0 fully saturated rings. The molecule has 0 rings (SSSR count). The first kappa shape index (κ1) is 109. The van der Waals surface area contributed by atoms with Gasteiger partial charge in [0.05, 0.1) is 26.4 Å². The number of rotatable bonds is 83. The third-order valence-corrected chi connectivity index (χ3v) is 20.2. The van der Waals surface area contributed by atoms with E-state index in [4.69, 9.17) is 32.3 Å². The number of ether oxygens (including phenoxy) is 3. The summed E-state index contributed by atoms with van der Waals surface area (Å²) in [5.74, 6) is -1.61. The van der Waals surface area contributed by atoms with Crippen molar-refractivity contribution in [2.75, 3.05) is 39.6 Å². The number of hydrogen-bond donors (Lipinski definition) is 4. The van der Waals surface area contributed by atoms with Crippen LogP contribution in [-0.2, 0) is 55.8 Å². The number of hydrogen-bond acceptors (Lipinski definition) is 14. The molecular formula is C97H160O16P2. The zero-order chi connectivity index (χ0) is 83.6. The van der Waals surface area contributed by atoms with Crippen LogP contribution in [0.1, 0.15) is 342 Å². The van der Waals surface area contributed by atoms with Gasteiger partial charge in [0.1, 0.15) is 25.4 Å². The number of phosphoric acid groups is 2. The second kappa shape index (κ2) is 87.7. The zero-order valence-electron chi connectivity index (χ0n) is 71.9. The number of esters is 3. The Kier molecular flexibility index (Phi) is 83.4. The Morgan fingerprint density at radius 2 is 0.461 bits per heavy atom. The predicted octanol–water partition coefficient (Wildman–Crippen LogP) is 27.4. The van der Waals surface area contributed by atoms with Gasteiger partial charge in [-0.15, -0.1) is 0 Å². The lowest BCUT2D eigenvalue weighted by Gasteiger charge is -2.21. The van der Waals surface area contributed by atoms with Crippen molar-refractivity contribution in [3.8, 4) is 0 Å². The molecule has 0 aromatic heterocycles. The van der Waals surface area contributed by atoms with Crippen LogP contribution in [0.15, 0.2) is 194 Å². The van der Waals surface area contributed by atoms with Crippen molar-refractivity contribution >= 4 is 33.6 Å². The molecule has 0 saturated heterocycles. The molecule has 5 atom stereocenters. The third-order valence-electron chi connectivity index (χ3n) is 18.3. The van der Waals surface area contributed by atoms with Crippen LogP contribution in [0.4, 0.5) is 0 Å². The van der Waals surface area contributed by atoms with Crippen molar-refractivity contribution in [2.24, 2.45) is 0 Å². The fourth-order valence-electron chi connectivity index (χ4n) is 11.6. The van der Waals surface area contributed by atoms with Gasteiger partial charge < -0.3 is 34.2 Å². The Balaban J connectivity index is 4.66. The summed E-state index contributed by atoms with van der Waals surface area (Å²) in [7, 11) is -9.83. The van der Waals surface area contributed by atoms with Crippen molar-refractivity contribution in [2.45, 2.75) is 360 Å². The Morgan fingerprint density at radius 3 is 0.730 bits per heavy atom. The molecule has 5 unspecified atom stereocenters. The summed E-state index contributed by atoms with van der Waals surface area (Å²) >= 11 is 0. The number of allylic oxidation sites excluding steroid dienone is 32. The molecule has 0 bridgehead atoms. The fraction of sp³-hybridized carbons (Fsp3) is 0.639. The van der Waals surface area contributed by atoms with Crippen molar-refractivity contribution in [3.05, 3.63) is 194 Å². The molecule has 0 aliphatic rings. The normalized spacial score (nSPS) is 14.7. The average molecular weight is 1640 g/mol. The van der Waals surface area contributed by atoms with Gasteiger partial charge >= 0.3 is 33.6 Å². The van der Waals surface area contributed by atoms with Crippen LogP contribution < -0.4 is 0 Å². The number of unbranched alkanes of at least 4 members (excludes halogenated alkanes) is 28. The van der Waals surface area contributed by atoms with Crippen molar-refractivity contribution in [3.63, 3.8) is 0 Å². The Morgan fingerprint density at radius 1 is 0.252 bits per heavy atom. The van der Waals surface area contributed by atoms with Crippen LogP contribution in [0.2, 0.25) is 0 Å². The van der Waals surface area contributed by atoms with Gasteiger partial charge in [-0.3, -0.25) is 32.5 Å². The van der Waals surface area contributed by atoms with Crippen LogP contribution >= 0.6 is 15.6 Å². The van der Waals surface area contributed by atoms with Gasteiger partial charge in [-0.25, -0.2) is 9.13 Å². The molecule has 0 aromatic rings. The summed E-state index contributed by atoms with van der Waals surface area (Å²) in [6.07, 6.45) is 116. The standard InChI is InChI=1S/C97H160O16P2/c1-4-7-10-13-16-19-22-25-28-31-34-37-40-42-43-44-45-46-47-49-52-53-56-59-62-65-68-71-74-77-80-83-95(100)107-86-92(98)87-109-114(103,104)110-88-93(99)89-111-115(105,106)112-91-94(113-97(102)85-82-79-76-73-70-67-64-61-58-55-50-39-36-33-30-27-24-21-18-15-12-9-6-3)90-108-96(101)84-81-78-75-72-69-66-63-60-57-54-51-48-41-38-35-32-29-26-23-20-17-14-11-8-5-2/h7-8,10-11,16-21,25-30,34-39,42-43,45-46,48,51,55,57-58,60,92-94,98-99H,4-6,9,12-15,22-24,31-33,40-41,44,47,49-50,52-54,56,59,61-91H2,1-3H3,(H,103,104)(H,105,106)/b10-7-,11-8-,19-16-,20-17-,21-18-,28-25-,29-26-,30-27-,37-34-,38-35-,39-36-,43-42-,46-45-,51-48-,58-55-,60-57-. The summed E-state index contributed by atoms with van der Waals surface area (Å²) in [4.78, 5) is 59.0. The second-order valence-electron chi connectivity index (χ2n) is 29.3. The van der Waals surface area contributed by atoms with Gasteiger partial charge in [-0.05, 0) is 167 Å². The molecule has 0 aliphatic carbocycles. The van der Waals surface area contributed by atoms with Gasteiger partial charge in [0, 0.05) is 19.3 Å². The minimum absolute atomic E-state index is 0.0818. The van der Waals surface area contributed by atoms with E-state index in [0.29, 0.717) is 19.3 Å².